The molecule has 2 aromatic carbocycles. The number of hydrogen-bond donors (Lipinski definition) is 0. The Bertz CT molecular complexity index is 877. The van der Waals surface area contributed by atoms with Crippen molar-refractivity contribution in [2.24, 2.45) is 0 Å². The summed E-state index contributed by atoms with van der Waals surface area (Å²) in [5, 5.41) is 0. The molecule has 0 spiro atoms. The molecule has 0 amide bonds. The highest BCUT2D eigenvalue weighted by Crippen LogP contribution is 2.33. The molecular formula is C21H28N2O2S. The van der Waals surface area contributed by atoms with Gasteiger partial charge in [0, 0.05) is 31.9 Å². The summed E-state index contributed by atoms with van der Waals surface area (Å²) in [6.07, 6.45) is 0. The lowest BCUT2D eigenvalue weighted by molar-refractivity contribution is 0.383. The predicted molar refractivity (Wildman–Crippen MR) is 107 cm³/mol. The summed E-state index contributed by atoms with van der Waals surface area (Å²) in [4.78, 5) is 2.73. The fraction of sp³-hybridized carbons (Fsp3) is 0.429. The van der Waals surface area contributed by atoms with E-state index in [4.69, 9.17) is 0 Å². The van der Waals surface area contributed by atoms with E-state index < -0.39 is 10.0 Å². The van der Waals surface area contributed by atoms with Crippen LogP contribution in [-0.4, -0.2) is 38.9 Å². The highest BCUT2D eigenvalue weighted by molar-refractivity contribution is 7.89. The molecule has 3 rings (SSSR count). The summed E-state index contributed by atoms with van der Waals surface area (Å²) in [6.45, 7) is 10.9. The third kappa shape index (κ3) is 3.64. The quantitative estimate of drug-likeness (QED) is 0.823. The molecule has 0 aliphatic carbocycles. The van der Waals surface area contributed by atoms with Crippen LogP contribution < -0.4 is 4.90 Å². The molecular weight excluding hydrogens is 344 g/mol. The van der Waals surface area contributed by atoms with Crippen molar-refractivity contribution in [1.29, 1.82) is 0 Å². The van der Waals surface area contributed by atoms with Crippen LogP contribution in [0.1, 0.15) is 31.9 Å². The van der Waals surface area contributed by atoms with E-state index in [2.05, 4.69) is 49.9 Å². The highest BCUT2D eigenvalue weighted by Gasteiger charge is 2.30. The van der Waals surface area contributed by atoms with Crippen LogP contribution in [0.15, 0.2) is 53.4 Å². The van der Waals surface area contributed by atoms with Crippen LogP contribution in [0.5, 0.6) is 0 Å². The average Bonchev–Trinajstić information content (AvgIpc) is 2.61. The van der Waals surface area contributed by atoms with Gasteiger partial charge in [-0.15, -0.1) is 0 Å². The third-order valence-corrected chi connectivity index (χ3v) is 7.06. The molecule has 0 N–H and O–H groups in total. The minimum absolute atomic E-state index is 0.0565. The van der Waals surface area contributed by atoms with Gasteiger partial charge in [-0.25, -0.2) is 8.42 Å². The van der Waals surface area contributed by atoms with Crippen molar-refractivity contribution in [3.8, 4) is 0 Å². The van der Waals surface area contributed by atoms with Crippen LogP contribution in [0.2, 0.25) is 0 Å². The molecule has 5 heteroatoms. The summed E-state index contributed by atoms with van der Waals surface area (Å²) >= 11 is 0. The van der Waals surface area contributed by atoms with Gasteiger partial charge in [-0.1, -0.05) is 57.2 Å². The van der Waals surface area contributed by atoms with Crippen LogP contribution >= 0.6 is 0 Å². The summed E-state index contributed by atoms with van der Waals surface area (Å²) in [7, 11) is -3.43. The van der Waals surface area contributed by atoms with Crippen LogP contribution in [0.25, 0.3) is 0 Å². The second kappa shape index (κ2) is 7.05. The third-order valence-electron chi connectivity index (χ3n) is 5.00. The molecule has 1 fully saturated rings. The van der Waals surface area contributed by atoms with Crippen molar-refractivity contribution < 1.29 is 8.42 Å². The maximum Gasteiger partial charge on any atom is 0.243 e. The fourth-order valence-corrected chi connectivity index (χ4v) is 5.19. The van der Waals surface area contributed by atoms with Gasteiger partial charge in [0.2, 0.25) is 10.0 Å². The van der Waals surface area contributed by atoms with Gasteiger partial charge in [0.1, 0.15) is 0 Å². The molecule has 0 unspecified atom stereocenters. The zero-order valence-corrected chi connectivity index (χ0v) is 16.9. The molecule has 1 aliphatic rings. The lowest BCUT2D eigenvalue weighted by atomic mass is 9.85. The fourth-order valence-electron chi connectivity index (χ4n) is 3.54. The Labute approximate surface area is 157 Å². The predicted octanol–water partition coefficient (Wildman–Crippen LogP) is 3.80. The van der Waals surface area contributed by atoms with Crippen LogP contribution in [0, 0.1) is 6.92 Å². The Morgan fingerprint density at radius 1 is 0.846 bits per heavy atom. The van der Waals surface area contributed by atoms with Crippen LogP contribution in [0.3, 0.4) is 0 Å². The second-order valence-electron chi connectivity index (χ2n) is 7.92. The maximum absolute atomic E-state index is 13.0. The Hall–Kier alpha value is -1.85. The van der Waals surface area contributed by atoms with E-state index in [1.54, 1.807) is 16.4 Å². The van der Waals surface area contributed by atoms with Gasteiger partial charge in [0.15, 0.2) is 0 Å². The number of hydrogen-bond acceptors (Lipinski definition) is 3. The van der Waals surface area contributed by atoms with Gasteiger partial charge in [-0.05, 0) is 35.6 Å². The van der Waals surface area contributed by atoms with E-state index >= 15 is 0 Å². The van der Waals surface area contributed by atoms with Crippen molar-refractivity contribution in [3.63, 3.8) is 0 Å². The first-order chi connectivity index (χ1) is 12.2. The maximum atomic E-state index is 13.0. The van der Waals surface area contributed by atoms with Crippen molar-refractivity contribution >= 4 is 15.7 Å². The first-order valence-corrected chi connectivity index (χ1v) is 10.6. The van der Waals surface area contributed by atoms with E-state index in [1.165, 1.54) is 11.3 Å². The molecule has 0 atom stereocenters. The summed E-state index contributed by atoms with van der Waals surface area (Å²) in [5.74, 6) is 0. The number of aryl methyl sites for hydroxylation is 1. The number of para-hydroxylation sites is 1. The molecule has 140 valence electrons. The van der Waals surface area contributed by atoms with E-state index in [0.29, 0.717) is 31.1 Å². The molecule has 0 bridgehead atoms. The summed E-state index contributed by atoms with van der Waals surface area (Å²) < 4.78 is 27.6. The number of rotatable bonds is 3. The monoisotopic (exact) mass is 372 g/mol. The molecule has 26 heavy (non-hydrogen) atoms. The zero-order chi connectivity index (χ0) is 18.9. The SMILES string of the molecule is Cc1ccccc1S(=O)(=O)N1CCN(c2ccccc2C(C)(C)C)CC1. The molecule has 0 saturated carbocycles. The van der Waals surface area contributed by atoms with Gasteiger partial charge in [0.25, 0.3) is 0 Å². The topological polar surface area (TPSA) is 40.6 Å². The van der Waals surface area contributed by atoms with Crippen molar-refractivity contribution in [2.75, 3.05) is 31.1 Å². The molecule has 2 aromatic rings. The number of nitrogens with zero attached hydrogens (tertiary/aromatic N) is 2. The van der Waals surface area contributed by atoms with Gasteiger partial charge < -0.3 is 4.90 Å². The lowest BCUT2D eigenvalue weighted by Crippen LogP contribution is -2.49. The van der Waals surface area contributed by atoms with Gasteiger partial charge in [0.05, 0.1) is 4.90 Å². The smallest absolute Gasteiger partial charge is 0.243 e. The van der Waals surface area contributed by atoms with Gasteiger partial charge in [-0.3, -0.25) is 0 Å². The number of sulfonamides is 1. The van der Waals surface area contributed by atoms with Crippen LogP contribution in [-0.2, 0) is 15.4 Å². The number of piperazine rings is 1. The lowest BCUT2D eigenvalue weighted by Gasteiger charge is -2.38. The summed E-state index contributed by atoms with van der Waals surface area (Å²) in [6, 6.07) is 15.7. The van der Waals surface area contributed by atoms with Crippen molar-refractivity contribution in [2.45, 2.75) is 38.0 Å². The van der Waals surface area contributed by atoms with E-state index in [-0.39, 0.29) is 5.41 Å². The minimum Gasteiger partial charge on any atom is -0.369 e. The molecule has 4 nitrogen and oxygen atoms in total. The molecule has 1 saturated heterocycles. The minimum atomic E-state index is -3.43. The molecule has 0 aromatic heterocycles. The van der Waals surface area contributed by atoms with Gasteiger partial charge in [-0.2, -0.15) is 4.31 Å². The first kappa shape index (κ1) is 18.9. The Balaban J connectivity index is 1.80. The second-order valence-corrected chi connectivity index (χ2v) is 9.83. The largest absolute Gasteiger partial charge is 0.369 e. The van der Waals surface area contributed by atoms with Crippen molar-refractivity contribution in [3.05, 3.63) is 59.7 Å². The van der Waals surface area contributed by atoms with E-state index in [9.17, 15) is 8.42 Å². The average molecular weight is 373 g/mol. The molecule has 1 aliphatic heterocycles. The molecule has 1 heterocycles. The number of anilines is 1. The Kier molecular flexibility index (Phi) is 5.13. The highest BCUT2D eigenvalue weighted by atomic mass is 32.2. The summed E-state index contributed by atoms with van der Waals surface area (Å²) in [5.41, 5.74) is 3.37. The van der Waals surface area contributed by atoms with E-state index in [0.717, 1.165) is 5.56 Å². The number of benzene rings is 2. The van der Waals surface area contributed by atoms with Crippen molar-refractivity contribution in [1.82, 2.24) is 4.31 Å². The Morgan fingerprint density at radius 3 is 2.04 bits per heavy atom. The van der Waals surface area contributed by atoms with Gasteiger partial charge >= 0.3 is 0 Å². The first-order valence-electron chi connectivity index (χ1n) is 9.11. The Morgan fingerprint density at radius 2 is 1.42 bits per heavy atom. The zero-order valence-electron chi connectivity index (χ0n) is 16.1. The molecule has 0 radical (unpaired) electrons. The van der Waals surface area contributed by atoms with E-state index in [1.807, 2.05) is 19.1 Å². The van der Waals surface area contributed by atoms with Crippen LogP contribution in [0.4, 0.5) is 5.69 Å². The standard InChI is InChI=1S/C21H28N2O2S/c1-17-9-5-8-12-20(17)26(24,25)23-15-13-22(14-16-23)19-11-7-6-10-18(19)21(2,3)4/h5-12H,13-16H2,1-4H3. The normalized spacial score (nSPS) is 16.7.